The first-order chi connectivity index (χ1) is 7.63. The summed E-state index contributed by atoms with van der Waals surface area (Å²) < 4.78 is 0. The summed E-state index contributed by atoms with van der Waals surface area (Å²) >= 11 is 0. The molecule has 0 spiro atoms. The Morgan fingerprint density at radius 1 is 1.56 bits per heavy atom. The monoisotopic (exact) mass is 222 g/mol. The van der Waals surface area contributed by atoms with Crippen molar-refractivity contribution < 1.29 is 10.0 Å². The Morgan fingerprint density at radius 3 is 2.75 bits per heavy atom. The van der Waals surface area contributed by atoms with Crippen LogP contribution in [0.5, 0.6) is 0 Å². The summed E-state index contributed by atoms with van der Waals surface area (Å²) in [6.07, 6.45) is 2.34. The highest BCUT2D eigenvalue weighted by Gasteiger charge is 2.27. The molecule has 16 heavy (non-hydrogen) atoms. The van der Waals surface area contributed by atoms with Crippen LogP contribution in [0.25, 0.3) is 0 Å². The molecule has 1 aliphatic carbocycles. The number of benzene rings is 1. The Morgan fingerprint density at radius 2 is 2.25 bits per heavy atom. The van der Waals surface area contributed by atoms with Gasteiger partial charge in [0.1, 0.15) is 0 Å². The lowest BCUT2D eigenvalue weighted by Gasteiger charge is -2.19. The highest BCUT2D eigenvalue weighted by atomic mass is 16.6. The molecule has 0 aromatic heterocycles. The van der Waals surface area contributed by atoms with E-state index >= 15 is 0 Å². The van der Waals surface area contributed by atoms with Crippen LogP contribution < -0.4 is 4.90 Å². The number of aliphatic hydroxyl groups excluding tert-OH is 1. The smallest absolute Gasteiger partial charge is 0.275 e. The Labute approximate surface area is 93.5 Å². The Balaban J connectivity index is 2.31. The van der Waals surface area contributed by atoms with Crippen LogP contribution in [-0.4, -0.2) is 23.1 Å². The van der Waals surface area contributed by atoms with Gasteiger partial charge in [0.25, 0.3) is 5.69 Å². The van der Waals surface area contributed by atoms with Gasteiger partial charge in [-0.1, -0.05) is 0 Å². The number of rotatable bonds is 4. The molecule has 0 bridgehead atoms. The molecule has 5 nitrogen and oxygen atoms in total. The lowest BCUT2D eigenvalue weighted by Crippen LogP contribution is -2.19. The second kappa shape index (κ2) is 4.09. The molecule has 1 aromatic rings. The third-order valence-corrected chi connectivity index (χ3v) is 2.93. The first kappa shape index (κ1) is 10.9. The zero-order chi connectivity index (χ0) is 11.7. The van der Waals surface area contributed by atoms with E-state index in [0.29, 0.717) is 11.6 Å². The van der Waals surface area contributed by atoms with E-state index in [2.05, 4.69) is 4.90 Å². The fourth-order valence-corrected chi connectivity index (χ4v) is 1.77. The summed E-state index contributed by atoms with van der Waals surface area (Å²) in [5.41, 5.74) is 1.28. The minimum atomic E-state index is -0.466. The molecule has 1 N–H and O–H groups in total. The molecule has 1 saturated carbocycles. The SMILES string of the molecule is CN(c1ccc([N+](=O)[O-])c(CO)c1)C1CC1. The summed E-state index contributed by atoms with van der Waals surface area (Å²) in [7, 11) is 1.97. The topological polar surface area (TPSA) is 66.6 Å². The van der Waals surface area contributed by atoms with Crippen molar-refractivity contribution in [3.05, 3.63) is 33.9 Å². The Kier molecular flexibility index (Phi) is 2.78. The van der Waals surface area contributed by atoms with Gasteiger partial charge in [-0.3, -0.25) is 10.1 Å². The average molecular weight is 222 g/mol. The number of aliphatic hydroxyl groups is 1. The van der Waals surface area contributed by atoms with E-state index in [1.807, 2.05) is 7.05 Å². The maximum absolute atomic E-state index is 10.7. The van der Waals surface area contributed by atoms with E-state index in [9.17, 15) is 10.1 Å². The van der Waals surface area contributed by atoms with Crippen molar-refractivity contribution in [2.24, 2.45) is 0 Å². The molecule has 0 heterocycles. The standard InChI is InChI=1S/C11H14N2O3/c1-12(9-2-3-9)10-4-5-11(13(15)16)8(6-10)7-14/h4-6,9,14H,2-3,7H2,1H3. The highest BCUT2D eigenvalue weighted by molar-refractivity contribution is 5.56. The molecule has 0 amide bonds. The number of hydrogen-bond acceptors (Lipinski definition) is 4. The predicted octanol–water partition coefficient (Wildman–Crippen LogP) is 1.69. The second-order valence-electron chi connectivity index (χ2n) is 4.07. The number of nitro benzene ring substituents is 1. The van der Waals surface area contributed by atoms with E-state index < -0.39 is 4.92 Å². The van der Waals surface area contributed by atoms with E-state index in [4.69, 9.17) is 5.11 Å². The minimum absolute atomic E-state index is 0.0181. The summed E-state index contributed by atoms with van der Waals surface area (Å²) in [4.78, 5) is 12.3. The molecule has 86 valence electrons. The van der Waals surface area contributed by atoms with Crippen molar-refractivity contribution >= 4 is 11.4 Å². The van der Waals surface area contributed by atoms with Crippen molar-refractivity contribution in [2.45, 2.75) is 25.5 Å². The van der Waals surface area contributed by atoms with Gasteiger partial charge in [0.05, 0.1) is 17.1 Å². The van der Waals surface area contributed by atoms with Crippen LogP contribution in [0.2, 0.25) is 0 Å². The number of nitrogens with zero attached hydrogens (tertiary/aromatic N) is 2. The fraction of sp³-hybridized carbons (Fsp3) is 0.455. The van der Waals surface area contributed by atoms with Gasteiger partial charge in [-0.2, -0.15) is 0 Å². The quantitative estimate of drug-likeness (QED) is 0.621. The van der Waals surface area contributed by atoms with Crippen molar-refractivity contribution in [3.63, 3.8) is 0 Å². The molecule has 0 saturated heterocycles. The summed E-state index contributed by atoms with van der Waals surface area (Å²) in [6.45, 7) is -0.303. The third-order valence-electron chi connectivity index (χ3n) is 2.93. The van der Waals surface area contributed by atoms with Gasteiger partial charge in [-0.25, -0.2) is 0 Å². The van der Waals surface area contributed by atoms with Crippen LogP contribution in [-0.2, 0) is 6.61 Å². The van der Waals surface area contributed by atoms with Crippen molar-refractivity contribution in [2.75, 3.05) is 11.9 Å². The van der Waals surface area contributed by atoms with Crippen molar-refractivity contribution in [1.29, 1.82) is 0 Å². The Bertz CT molecular complexity index is 416. The molecule has 1 fully saturated rings. The normalized spacial score (nSPS) is 14.9. The molecule has 1 aromatic carbocycles. The van der Waals surface area contributed by atoms with Gasteiger partial charge < -0.3 is 10.0 Å². The summed E-state index contributed by atoms with van der Waals surface area (Å²) in [6, 6.07) is 5.43. The molecule has 1 aliphatic rings. The minimum Gasteiger partial charge on any atom is -0.391 e. The van der Waals surface area contributed by atoms with Gasteiger partial charge in [0, 0.05) is 24.8 Å². The van der Waals surface area contributed by atoms with E-state index in [1.54, 1.807) is 12.1 Å². The van der Waals surface area contributed by atoms with Crippen molar-refractivity contribution in [3.8, 4) is 0 Å². The first-order valence-corrected chi connectivity index (χ1v) is 5.24. The number of nitro groups is 1. The third kappa shape index (κ3) is 1.99. The molecule has 0 radical (unpaired) electrons. The maximum atomic E-state index is 10.7. The van der Waals surface area contributed by atoms with Gasteiger partial charge >= 0.3 is 0 Å². The van der Waals surface area contributed by atoms with Crippen LogP contribution in [0, 0.1) is 10.1 Å². The van der Waals surface area contributed by atoms with Crippen LogP contribution in [0.1, 0.15) is 18.4 Å². The van der Waals surface area contributed by atoms with E-state index in [0.717, 1.165) is 5.69 Å². The maximum Gasteiger partial charge on any atom is 0.275 e. The summed E-state index contributed by atoms with van der Waals surface area (Å²) in [5, 5.41) is 19.8. The molecule has 5 heteroatoms. The molecular weight excluding hydrogens is 208 g/mol. The number of hydrogen-bond donors (Lipinski definition) is 1. The van der Waals surface area contributed by atoms with Crippen molar-refractivity contribution in [1.82, 2.24) is 0 Å². The highest BCUT2D eigenvalue weighted by Crippen LogP contribution is 2.32. The first-order valence-electron chi connectivity index (χ1n) is 5.24. The van der Waals surface area contributed by atoms with Gasteiger partial charge in [0.15, 0.2) is 0 Å². The molecule has 2 rings (SSSR count). The predicted molar refractivity (Wildman–Crippen MR) is 60.4 cm³/mol. The van der Waals surface area contributed by atoms with Crippen LogP contribution in [0.15, 0.2) is 18.2 Å². The zero-order valence-electron chi connectivity index (χ0n) is 9.09. The molecule has 0 aliphatic heterocycles. The largest absolute Gasteiger partial charge is 0.391 e. The van der Waals surface area contributed by atoms with Crippen LogP contribution in [0.3, 0.4) is 0 Å². The zero-order valence-corrected chi connectivity index (χ0v) is 9.09. The Hall–Kier alpha value is -1.62. The summed E-state index contributed by atoms with van der Waals surface area (Å²) in [5.74, 6) is 0. The lowest BCUT2D eigenvalue weighted by atomic mass is 10.1. The average Bonchev–Trinajstić information content (AvgIpc) is 3.10. The van der Waals surface area contributed by atoms with Gasteiger partial charge in [-0.15, -0.1) is 0 Å². The second-order valence-corrected chi connectivity index (χ2v) is 4.07. The van der Waals surface area contributed by atoms with Gasteiger partial charge in [0.2, 0.25) is 0 Å². The van der Waals surface area contributed by atoms with Crippen LogP contribution >= 0.6 is 0 Å². The lowest BCUT2D eigenvalue weighted by molar-refractivity contribution is -0.385. The molecule has 0 unspecified atom stereocenters. The number of anilines is 1. The molecule has 0 atom stereocenters. The van der Waals surface area contributed by atoms with Gasteiger partial charge in [-0.05, 0) is 25.0 Å². The fourth-order valence-electron chi connectivity index (χ4n) is 1.77. The van der Waals surface area contributed by atoms with E-state index in [-0.39, 0.29) is 12.3 Å². The van der Waals surface area contributed by atoms with Crippen LogP contribution in [0.4, 0.5) is 11.4 Å². The molecular formula is C11H14N2O3. The van der Waals surface area contributed by atoms with E-state index in [1.165, 1.54) is 18.9 Å².